The lowest BCUT2D eigenvalue weighted by Gasteiger charge is -2.10. The maximum atomic E-state index is 13.7. The monoisotopic (exact) mass is 257 g/mol. The third kappa shape index (κ3) is 1.48. The van der Waals surface area contributed by atoms with Crippen LogP contribution in [0.3, 0.4) is 0 Å². The van der Waals surface area contributed by atoms with Crippen LogP contribution in [-0.2, 0) is 10.3 Å². The molecule has 3 rings (SSSR count). The van der Waals surface area contributed by atoms with Gasteiger partial charge in [-0.15, -0.1) is 11.3 Å². The molecule has 1 aliphatic rings. The summed E-state index contributed by atoms with van der Waals surface area (Å²) >= 11 is 1.29. The van der Waals surface area contributed by atoms with Crippen molar-refractivity contribution in [2.45, 2.75) is 5.60 Å². The Morgan fingerprint density at radius 2 is 2.00 bits per heavy atom. The predicted molar refractivity (Wildman–Crippen MR) is 55.2 cm³/mol. The van der Waals surface area contributed by atoms with Gasteiger partial charge >= 0.3 is 0 Å². The number of aromatic nitrogens is 1. The largest absolute Gasteiger partial charge is 0.357 e. The van der Waals surface area contributed by atoms with Crippen LogP contribution >= 0.6 is 11.3 Å². The van der Waals surface area contributed by atoms with Crippen molar-refractivity contribution < 1.29 is 17.9 Å². The Morgan fingerprint density at radius 1 is 1.24 bits per heavy atom. The summed E-state index contributed by atoms with van der Waals surface area (Å²) in [7, 11) is 0. The fourth-order valence-electron chi connectivity index (χ4n) is 1.73. The maximum Gasteiger partial charge on any atom is 0.194 e. The molecule has 2 nitrogen and oxygen atoms in total. The molecule has 1 fully saturated rings. The molecule has 0 N–H and O–H groups in total. The third-order valence-corrected chi connectivity index (χ3v) is 3.60. The molecule has 1 aromatic carbocycles. The molecular weight excluding hydrogens is 251 g/mol. The van der Waals surface area contributed by atoms with E-state index in [1.807, 2.05) is 0 Å². The number of epoxide rings is 1. The van der Waals surface area contributed by atoms with Crippen LogP contribution in [0, 0.1) is 17.5 Å². The molecule has 1 atom stereocenters. The van der Waals surface area contributed by atoms with E-state index in [0.29, 0.717) is 5.01 Å². The average Bonchev–Trinajstić information content (AvgIpc) is 2.92. The second kappa shape index (κ2) is 3.54. The van der Waals surface area contributed by atoms with Gasteiger partial charge in [0.2, 0.25) is 0 Å². The standard InChI is InChI=1S/C11H6F3NOS/c12-7-2-1-6(8(13)9(7)14)11(5-16-11)10-15-3-4-17-10/h1-4H,5H2. The average molecular weight is 257 g/mol. The normalized spacial score (nSPS) is 22.8. The molecule has 17 heavy (non-hydrogen) atoms. The molecule has 1 aliphatic heterocycles. The summed E-state index contributed by atoms with van der Waals surface area (Å²) < 4.78 is 44.9. The molecule has 2 aromatic rings. The van der Waals surface area contributed by atoms with Crippen molar-refractivity contribution in [2.75, 3.05) is 6.61 Å². The molecule has 88 valence electrons. The van der Waals surface area contributed by atoms with Gasteiger partial charge < -0.3 is 4.74 Å². The summed E-state index contributed by atoms with van der Waals surface area (Å²) in [6.07, 6.45) is 1.56. The molecule has 2 heterocycles. The van der Waals surface area contributed by atoms with Crippen molar-refractivity contribution in [3.63, 3.8) is 0 Å². The molecule has 0 amide bonds. The zero-order chi connectivity index (χ0) is 12.0. The number of hydrogen-bond donors (Lipinski definition) is 0. The highest BCUT2D eigenvalue weighted by Gasteiger charge is 2.52. The number of hydrogen-bond acceptors (Lipinski definition) is 3. The van der Waals surface area contributed by atoms with Crippen LogP contribution < -0.4 is 0 Å². The van der Waals surface area contributed by atoms with E-state index in [2.05, 4.69) is 4.98 Å². The SMILES string of the molecule is Fc1ccc(C2(c3nccs3)CO2)c(F)c1F. The van der Waals surface area contributed by atoms with Crippen LogP contribution in [0.2, 0.25) is 0 Å². The van der Waals surface area contributed by atoms with Crippen LogP contribution in [-0.4, -0.2) is 11.6 Å². The minimum Gasteiger partial charge on any atom is -0.357 e. The fraction of sp³-hybridized carbons (Fsp3) is 0.182. The summed E-state index contributed by atoms with van der Waals surface area (Å²) in [5, 5.41) is 2.26. The van der Waals surface area contributed by atoms with Gasteiger partial charge in [0.25, 0.3) is 0 Å². The van der Waals surface area contributed by atoms with Crippen molar-refractivity contribution in [3.8, 4) is 0 Å². The molecule has 0 spiro atoms. The van der Waals surface area contributed by atoms with Crippen molar-refractivity contribution in [1.82, 2.24) is 4.98 Å². The van der Waals surface area contributed by atoms with Gasteiger partial charge in [-0.25, -0.2) is 18.2 Å². The van der Waals surface area contributed by atoms with Crippen molar-refractivity contribution in [3.05, 3.63) is 51.7 Å². The third-order valence-electron chi connectivity index (χ3n) is 2.68. The van der Waals surface area contributed by atoms with E-state index in [9.17, 15) is 13.2 Å². The lowest BCUT2D eigenvalue weighted by molar-refractivity contribution is 0.333. The van der Waals surface area contributed by atoms with Crippen LogP contribution in [0.15, 0.2) is 23.7 Å². The summed E-state index contributed by atoms with van der Waals surface area (Å²) in [6.45, 7) is 0.225. The number of nitrogens with zero attached hydrogens (tertiary/aromatic N) is 1. The molecule has 1 saturated heterocycles. The number of halogens is 3. The zero-order valence-corrected chi connectivity index (χ0v) is 9.23. The summed E-state index contributed by atoms with van der Waals surface area (Å²) in [5.41, 5.74) is -1.04. The van der Waals surface area contributed by atoms with Gasteiger partial charge in [-0.1, -0.05) is 0 Å². The lowest BCUT2D eigenvalue weighted by Crippen LogP contribution is -2.14. The zero-order valence-electron chi connectivity index (χ0n) is 8.41. The molecular formula is C11H6F3NOS. The van der Waals surface area contributed by atoms with Crippen LogP contribution in [0.4, 0.5) is 13.2 Å². The van der Waals surface area contributed by atoms with Crippen LogP contribution in [0.25, 0.3) is 0 Å². The van der Waals surface area contributed by atoms with Gasteiger partial charge in [0, 0.05) is 17.1 Å². The van der Waals surface area contributed by atoms with Crippen LogP contribution in [0.5, 0.6) is 0 Å². The second-order valence-corrected chi connectivity index (χ2v) is 4.57. The molecule has 0 radical (unpaired) electrons. The summed E-state index contributed by atoms with van der Waals surface area (Å²) in [6, 6.07) is 2.09. The Morgan fingerprint density at radius 3 is 2.59 bits per heavy atom. The van der Waals surface area contributed by atoms with E-state index in [1.54, 1.807) is 11.6 Å². The van der Waals surface area contributed by atoms with Crippen molar-refractivity contribution in [2.24, 2.45) is 0 Å². The number of thiazole rings is 1. The molecule has 1 unspecified atom stereocenters. The summed E-state index contributed by atoms with van der Waals surface area (Å²) in [5.74, 6) is -3.90. The highest BCUT2D eigenvalue weighted by molar-refractivity contribution is 7.09. The minimum absolute atomic E-state index is 0.00801. The molecule has 0 bridgehead atoms. The minimum atomic E-state index is -1.48. The van der Waals surface area contributed by atoms with E-state index in [0.717, 1.165) is 6.07 Å². The van der Waals surface area contributed by atoms with Crippen molar-refractivity contribution >= 4 is 11.3 Å². The Labute approximate surface area is 98.7 Å². The van der Waals surface area contributed by atoms with Gasteiger partial charge in [-0.2, -0.15) is 0 Å². The van der Waals surface area contributed by atoms with E-state index in [-0.39, 0.29) is 12.2 Å². The van der Waals surface area contributed by atoms with E-state index in [1.165, 1.54) is 17.4 Å². The first-order valence-electron chi connectivity index (χ1n) is 4.83. The predicted octanol–water partition coefficient (Wildman–Crippen LogP) is 2.83. The van der Waals surface area contributed by atoms with E-state index < -0.39 is 23.1 Å². The van der Waals surface area contributed by atoms with Crippen LogP contribution in [0.1, 0.15) is 10.6 Å². The first-order valence-corrected chi connectivity index (χ1v) is 5.71. The van der Waals surface area contributed by atoms with Gasteiger partial charge in [0.15, 0.2) is 23.1 Å². The Kier molecular flexibility index (Phi) is 2.24. The van der Waals surface area contributed by atoms with E-state index in [4.69, 9.17) is 4.74 Å². The first kappa shape index (κ1) is 10.7. The highest BCUT2D eigenvalue weighted by atomic mass is 32.1. The number of rotatable bonds is 2. The highest BCUT2D eigenvalue weighted by Crippen LogP contribution is 2.47. The Bertz CT molecular complexity index is 566. The van der Waals surface area contributed by atoms with Gasteiger partial charge in [-0.3, -0.25) is 0 Å². The number of ether oxygens (including phenoxy) is 1. The maximum absolute atomic E-state index is 13.7. The van der Waals surface area contributed by atoms with Gasteiger partial charge in [0.1, 0.15) is 5.01 Å². The second-order valence-electron chi connectivity index (χ2n) is 3.68. The van der Waals surface area contributed by atoms with E-state index >= 15 is 0 Å². The van der Waals surface area contributed by atoms with Gasteiger partial charge in [0.05, 0.1) is 6.61 Å². The lowest BCUT2D eigenvalue weighted by atomic mass is 9.99. The Balaban J connectivity index is 2.15. The topological polar surface area (TPSA) is 25.4 Å². The fourth-order valence-corrected chi connectivity index (χ4v) is 2.52. The first-order chi connectivity index (χ1) is 8.15. The van der Waals surface area contributed by atoms with Crippen molar-refractivity contribution in [1.29, 1.82) is 0 Å². The van der Waals surface area contributed by atoms with Gasteiger partial charge in [-0.05, 0) is 12.1 Å². The molecule has 6 heteroatoms. The number of benzene rings is 1. The molecule has 1 aromatic heterocycles. The molecule has 0 saturated carbocycles. The molecule has 0 aliphatic carbocycles. The Hall–Kier alpha value is -1.40. The smallest absolute Gasteiger partial charge is 0.194 e. The quantitative estimate of drug-likeness (QED) is 0.610. The summed E-state index contributed by atoms with van der Waals surface area (Å²) in [4.78, 5) is 4.03.